The van der Waals surface area contributed by atoms with Crippen LogP contribution in [0.25, 0.3) is 6.08 Å². The number of rotatable bonds is 2. The second-order valence-corrected chi connectivity index (χ2v) is 7.26. The Hall–Kier alpha value is -2.41. The Balaban J connectivity index is 1.71. The lowest BCUT2D eigenvalue weighted by Gasteiger charge is -2.20. The van der Waals surface area contributed by atoms with Crippen molar-refractivity contribution in [2.45, 2.75) is 0 Å². The third-order valence-corrected chi connectivity index (χ3v) is 5.26. The van der Waals surface area contributed by atoms with E-state index in [0.717, 1.165) is 5.56 Å². The lowest BCUT2D eigenvalue weighted by atomic mass is 10.1. The standard InChI is InChI=1S/C18H10Cl2N4OS/c19-12-7-6-11(14(20)9-12)8-13-15(21)24-18(22-16(13)25)26-17(23-24)10-4-2-1-3-5-10/h1-9,21H/b13-8-,21-15?. The summed E-state index contributed by atoms with van der Waals surface area (Å²) in [6.07, 6.45) is 1.53. The summed E-state index contributed by atoms with van der Waals surface area (Å²) in [6.45, 7) is 0. The Morgan fingerprint density at radius 2 is 1.88 bits per heavy atom. The van der Waals surface area contributed by atoms with Crippen LogP contribution in [-0.2, 0) is 4.79 Å². The van der Waals surface area contributed by atoms with Crippen molar-refractivity contribution in [1.29, 1.82) is 5.41 Å². The molecule has 1 N–H and O–H groups in total. The monoisotopic (exact) mass is 400 g/mol. The van der Waals surface area contributed by atoms with Crippen LogP contribution in [0, 0.1) is 5.41 Å². The summed E-state index contributed by atoms with van der Waals surface area (Å²) in [5.41, 5.74) is 1.61. The summed E-state index contributed by atoms with van der Waals surface area (Å²) in [4.78, 5) is 16.5. The van der Waals surface area contributed by atoms with Crippen LogP contribution in [0.5, 0.6) is 0 Å². The molecular formula is C18H10Cl2N4OS. The number of thioether (sulfide) groups is 1. The molecular weight excluding hydrogens is 391 g/mol. The molecule has 2 aromatic carbocycles. The molecule has 1 amide bonds. The fraction of sp³-hybridized carbons (Fsp3) is 0. The van der Waals surface area contributed by atoms with E-state index in [1.54, 1.807) is 18.2 Å². The average molecular weight is 401 g/mol. The Labute approximate surface area is 163 Å². The van der Waals surface area contributed by atoms with Gasteiger partial charge in [-0.25, -0.2) is 0 Å². The van der Waals surface area contributed by atoms with E-state index >= 15 is 0 Å². The SMILES string of the molecule is N=C1/C(=C/c2ccc(Cl)cc2Cl)C(=O)N=C2SC(c3ccccc3)=NN12. The summed E-state index contributed by atoms with van der Waals surface area (Å²) in [7, 11) is 0. The van der Waals surface area contributed by atoms with Crippen LogP contribution in [0.15, 0.2) is 64.2 Å². The van der Waals surface area contributed by atoms with Crippen LogP contribution in [-0.4, -0.2) is 27.0 Å². The van der Waals surface area contributed by atoms with Gasteiger partial charge in [-0.1, -0.05) is 59.6 Å². The molecule has 0 radical (unpaired) electrons. The first-order valence-electron chi connectivity index (χ1n) is 7.53. The van der Waals surface area contributed by atoms with E-state index in [-0.39, 0.29) is 11.4 Å². The molecule has 4 rings (SSSR count). The van der Waals surface area contributed by atoms with Gasteiger partial charge in [0.25, 0.3) is 5.91 Å². The van der Waals surface area contributed by atoms with Crippen LogP contribution in [0.4, 0.5) is 0 Å². The number of hydrazone groups is 1. The molecule has 2 heterocycles. The molecule has 0 aromatic heterocycles. The first kappa shape index (κ1) is 17.0. The summed E-state index contributed by atoms with van der Waals surface area (Å²) < 4.78 is 0. The van der Waals surface area contributed by atoms with Crippen molar-refractivity contribution < 1.29 is 4.79 Å². The zero-order valence-corrected chi connectivity index (χ0v) is 15.4. The molecule has 2 aliphatic heterocycles. The van der Waals surface area contributed by atoms with Crippen molar-refractivity contribution >= 4 is 63.0 Å². The third-order valence-electron chi connectivity index (χ3n) is 3.74. The molecule has 2 aromatic rings. The van der Waals surface area contributed by atoms with Gasteiger partial charge < -0.3 is 0 Å². The molecule has 0 spiro atoms. The highest BCUT2D eigenvalue weighted by Crippen LogP contribution is 2.31. The van der Waals surface area contributed by atoms with Crippen molar-refractivity contribution in [2.24, 2.45) is 10.1 Å². The van der Waals surface area contributed by atoms with Crippen LogP contribution >= 0.6 is 35.0 Å². The smallest absolute Gasteiger partial charge is 0.282 e. The number of hydrogen-bond acceptors (Lipinski definition) is 4. The number of nitrogens with zero attached hydrogens (tertiary/aromatic N) is 3. The molecule has 0 aliphatic carbocycles. The van der Waals surface area contributed by atoms with Crippen molar-refractivity contribution in [3.05, 3.63) is 75.3 Å². The maximum absolute atomic E-state index is 12.4. The van der Waals surface area contributed by atoms with Gasteiger partial charge in [-0.2, -0.15) is 15.1 Å². The highest BCUT2D eigenvalue weighted by atomic mass is 35.5. The predicted molar refractivity (Wildman–Crippen MR) is 107 cm³/mol. The van der Waals surface area contributed by atoms with Gasteiger partial charge in [0.1, 0.15) is 5.04 Å². The first-order chi connectivity index (χ1) is 12.5. The number of halogens is 2. The minimum atomic E-state index is -0.496. The highest BCUT2D eigenvalue weighted by Gasteiger charge is 2.36. The second kappa shape index (κ2) is 6.72. The third kappa shape index (κ3) is 3.07. The molecule has 0 unspecified atom stereocenters. The fourth-order valence-electron chi connectivity index (χ4n) is 2.46. The summed E-state index contributed by atoms with van der Waals surface area (Å²) in [6, 6.07) is 14.5. The second-order valence-electron chi connectivity index (χ2n) is 5.46. The fourth-order valence-corrected chi connectivity index (χ4v) is 3.82. The van der Waals surface area contributed by atoms with Crippen LogP contribution in [0.3, 0.4) is 0 Å². The van der Waals surface area contributed by atoms with Gasteiger partial charge in [0.15, 0.2) is 5.84 Å². The maximum Gasteiger partial charge on any atom is 0.283 e. The number of amidine groups is 2. The van der Waals surface area contributed by atoms with Gasteiger partial charge in [0.05, 0.1) is 5.57 Å². The largest absolute Gasteiger partial charge is 0.283 e. The lowest BCUT2D eigenvalue weighted by Crippen LogP contribution is -2.35. The molecule has 0 fully saturated rings. The molecule has 8 heteroatoms. The van der Waals surface area contributed by atoms with Crippen molar-refractivity contribution in [1.82, 2.24) is 5.01 Å². The molecule has 0 saturated heterocycles. The van der Waals surface area contributed by atoms with Crippen molar-refractivity contribution in [3.63, 3.8) is 0 Å². The maximum atomic E-state index is 12.4. The quantitative estimate of drug-likeness (QED) is 0.745. The van der Waals surface area contributed by atoms with Crippen LogP contribution in [0.1, 0.15) is 11.1 Å². The van der Waals surface area contributed by atoms with Crippen LogP contribution in [0.2, 0.25) is 10.0 Å². The zero-order chi connectivity index (χ0) is 18.3. The normalized spacial score (nSPS) is 18.1. The molecule has 2 aliphatic rings. The van der Waals surface area contributed by atoms with Gasteiger partial charge in [0.2, 0.25) is 5.17 Å². The topological polar surface area (TPSA) is 68.9 Å². The molecule has 0 saturated carbocycles. The number of nitrogens with one attached hydrogen (secondary N) is 1. The summed E-state index contributed by atoms with van der Waals surface area (Å²) in [5.74, 6) is -0.534. The van der Waals surface area contributed by atoms with E-state index in [1.165, 1.54) is 22.8 Å². The number of fused-ring (bicyclic) bond motifs is 1. The van der Waals surface area contributed by atoms with E-state index in [4.69, 9.17) is 28.6 Å². The van der Waals surface area contributed by atoms with Gasteiger partial charge in [-0.15, -0.1) is 0 Å². The van der Waals surface area contributed by atoms with Crippen LogP contribution < -0.4 is 0 Å². The zero-order valence-electron chi connectivity index (χ0n) is 13.1. The predicted octanol–water partition coefficient (Wildman–Crippen LogP) is 4.66. The van der Waals surface area contributed by atoms with Crippen molar-refractivity contribution in [2.75, 3.05) is 0 Å². The minimum absolute atomic E-state index is 0.0375. The lowest BCUT2D eigenvalue weighted by molar-refractivity contribution is -0.114. The number of aliphatic imine (C=N–C) groups is 1. The first-order valence-corrected chi connectivity index (χ1v) is 9.11. The van der Waals surface area contributed by atoms with E-state index < -0.39 is 5.91 Å². The average Bonchev–Trinajstić information content (AvgIpc) is 3.05. The van der Waals surface area contributed by atoms with Gasteiger partial charge in [0, 0.05) is 15.6 Å². The van der Waals surface area contributed by atoms with Crippen molar-refractivity contribution in [3.8, 4) is 0 Å². The molecule has 128 valence electrons. The number of carbonyl (C=O) groups is 1. The Morgan fingerprint density at radius 3 is 2.62 bits per heavy atom. The molecule has 5 nitrogen and oxygen atoms in total. The molecule has 26 heavy (non-hydrogen) atoms. The van der Waals surface area contributed by atoms with E-state index in [0.29, 0.717) is 25.8 Å². The Bertz CT molecular complexity index is 1030. The highest BCUT2D eigenvalue weighted by molar-refractivity contribution is 8.27. The van der Waals surface area contributed by atoms with Gasteiger partial charge in [-0.3, -0.25) is 10.2 Å². The molecule has 0 bridgehead atoms. The Morgan fingerprint density at radius 1 is 1.12 bits per heavy atom. The Kier molecular flexibility index (Phi) is 4.40. The number of carbonyl (C=O) groups excluding carboxylic acids is 1. The molecule has 0 atom stereocenters. The summed E-state index contributed by atoms with van der Waals surface area (Å²) in [5, 5.41) is 16.1. The van der Waals surface area contributed by atoms with E-state index in [2.05, 4.69) is 10.1 Å². The van der Waals surface area contributed by atoms with E-state index in [1.807, 2.05) is 30.3 Å². The summed E-state index contributed by atoms with van der Waals surface area (Å²) >= 11 is 13.3. The number of benzene rings is 2. The van der Waals surface area contributed by atoms with Gasteiger partial charge >= 0.3 is 0 Å². The van der Waals surface area contributed by atoms with Gasteiger partial charge in [-0.05, 0) is 35.5 Å². The minimum Gasteiger partial charge on any atom is -0.282 e. The number of amides is 1. The van der Waals surface area contributed by atoms with E-state index in [9.17, 15) is 4.79 Å². The number of hydrogen-bond donors (Lipinski definition) is 1.